The van der Waals surface area contributed by atoms with E-state index in [1.807, 2.05) is 30.3 Å². The Kier molecular flexibility index (Phi) is 4.86. The molecule has 0 saturated heterocycles. The number of nitrogens with zero attached hydrogens (tertiary/aromatic N) is 3. The Bertz CT molecular complexity index is 1160. The third-order valence-electron chi connectivity index (χ3n) is 3.96. The number of hydrogen-bond donors (Lipinski definition) is 2. The zero-order chi connectivity index (χ0) is 20.4. The molecule has 4 aromatic rings. The van der Waals surface area contributed by atoms with Crippen LogP contribution in [0.25, 0.3) is 11.3 Å². The lowest BCUT2D eigenvalue weighted by atomic mass is 10.1. The number of nitrogens with one attached hydrogen (secondary N) is 2. The Morgan fingerprint density at radius 3 is 2.34 bits per heavy atom. The molecule has 0 atom stereocenters. The molecule has 2 aromatic heterocycles. The van der Waals surface area contributed by atoms with E-state index in [1.54, 1.807) is 19.1 Å². The van der Waals surface area contributed by atoms with Gasteiger partial charge in [0.25, 0.3) is 0 Å². The Balaban J connectivity index is 1.74. The number of rotatable bonds is 5. The number of benzene rings is 2. The number of halogens is 3. The SMILES string of the molecule is Cc1cc(Nc2nc(Nc3ccc(F)c(F)c3F)cc(-c3ccccc3)n2)no1. The summed E-state index contributed by atoms with van der Waals surface area (Å²) in [5.74, 6) is -2.87. The average Bonchev–Trinajstić information content (AvgIpc) is 3.13. The van der Waals surface area contributed by atoms with Crippen LogP contribution in [0.3, 0.4) is 0 Å². The third kappa shape index (κ3) is 4.03. The van der Waals surface area contributed by atoms with Crippen molar-refractivity contribution in [1.82, 2.24) is 15.1 Å². The van der Waals surface area contributed by atoms with Gasteiger partial charge in [-0.25, -0.2) is 18.2 Å². The minimum Gasteiger partial charge on any atom is -0.360 e. The smallest absolute Gasteiger partial charge is 0.231 e. The van der Waals surface area contributed by atoms with Gasteiger partial charge in [0.1, 0.15) is 11.6 Å². The summed E-state index contributed by atoms with van der Waals surface area (Å²) in [6.45, 7) is 1.73. The van der Waals surface area contributed by atoms with Crippen LogP contribution >= 0.6 is 0 Å². The molecule has 0 amide bonds. The van der Waals surface area contributed by atoms with Gasteiger partial charge in [0.05, 0.1) is 11.4 Å². The molecule has 2 N–H and O–H groups in total. The van der Waals surface area contributed by atoms with Gasteiger partial charge in [0.2, 0.25) is 5.95 Å². The van der Waals surface area contributed by atoms with Gasteiger partial charge in [-0.2, -0.15) is 4.98 Å². The quantitative estimate of drug-likeness (QED) is 0.443. The van der Waals surface area contributed by atoms with E-state index in [4.69, 9.17) is 4.52 Å². The van der Waals surface area contributed by atoms with Crippen molar-refractivity contribution in [1.29, 1.82) is 0 Å². The Labute approximate surface area is 163 Å². The zero-order valence-electron chi connectivity index (χ0n) is 15.1. The van der Waals surface area contributed by atoms with Crippen LogP contribution in [0.2, 0.25) is 0 Å². The maximum absolute atomic E-state index is 14.1. The van der Waals surface area contributed by atoms with Crippen LogP contribution in [-0.2, 0) is 0 Å². The predicted molar refractivity (Wildman–Crippen MR) is 102 cm³/mol. The van der Waals surface area contributed by atoms with Crippen LogP contribution in [0.15, 0.2) is 59.1 Å². The van der Waals surface area contributed by atoms with E-state index < -0.39 is 17.5 Å². The van der Waals surface area contributed by atoms with Crippen LogP contribution in [-0.4, -0.2) is 15.1 Å². The summed E-state index contributed by atoms with van der Waals surface area (Å²) in [5, 5.41) is 9.39. The van der Waals surface area contributed by atoms with E-state index in [2.05, 4.69) is 25.8 Å². The largest absolute Gasteiger partial charge is 0.360 e. The highest BCUT2D eigenvalue weighted by Crippen LogP contribution is 2.27. The molecule has 6 nitrogen and oxygen atoms in total. The van der Waals surface area contributed by atoms with E-state index in [0.29, 0.717) is 17.3 Å². The van der Waals surface area contributed by atoms with Gasteiger partial charge < -0.3 is 15.2 Å². The maximum atomic E-state index is 14.1. The van der Waals surface area contributed by atoms with Gasteiger partial charge in [-0.1, -0.05) is 35.5 Å². The maximum Gasteiger partial charge on any atom is 0.231 e. The first-order valence-electron chi connectivity index (χ1n) is 8.55. The Morgan fingerprint density at radius 2 is 1.62 bits per heavy atom. The van der Waals surface area contributed by atoms with Gasteiger partial charge in [-0.15, -0.1) is 0 Å². The summed E-state index contributed by atoms with van der Waals surface area (Å²) in [6.07, 6.45) is 0. The van der Waals surface area contributed by atoms with Gasteiger partial charge in [-0.3, -0.25) is 0 Å². The first kappa shape index (κ1) is 18.5. The number of hydrogen-bond acceptors (Lipinski definition) is 6. The molecule has 0 spiro atoms. The second-order valence-electron chi connectivity index (χ2n) is 6.12. The highest BCUT2D eigenvalue weighted by molar-refractivity contribution is 5.68. The van der Waals surface area contributed by atoms with E-state index in [0.717, 1.165) is 17.7 Å². The zero-order valence-corrected chi connectivity index (χ0v) is 15.1. The van der Waals surface area contributed by atoms with E-state index in [9.17, 15) is 13.2 Å². The van der Waals surface area contributed by atoms with Crippen molar-refractivity contribution in [2.75, 3.05) is 10.6 Å². The van der Waals surface area contributed by atoms with Crippen LogP contribution < -0.4 is 10.6 Å². The normalized spacial score (nSPS) is 10.8. The fourth-order valence-electron chi connectivity index (χ4n) is 2.62. The highest BCUT2D eigenvalue weighted by Gasteiger charge is 2.15. The molecule has 0 radical (unpaired) electrons. The van der Waals surface area contributed by atoms with Crippen molar-refractivity contribution in [3.8, 4) is 11.3 Å². The van der Waals surface area contributed by atoms with Crippen molar-refractivity contribution in [2.45, 2.75) is 6.92 Å². The molecule has 0 aliphatic carbocycles. The monoisotopic (exact) mass is 397 g/mol. The number of aromatic nitrogens is 3. The Hall–Kier alpha value is -3.88. The van der Waals surface area contributed by atoms with Crippen LogP contribution in [0.4, 0.5) is 36.4 Å². The fourth-order valence-corrected chi connectivity index (χ4v) is 2.62. The first-order chi connectivity index (χ1) is 14.0. The standard InChI is InChI=1S/C20H14F3N5O/c1-11-9-17(28-29-11)27-20-25-15(12-5-3-2-4-6-12)10-16(26-20)24-14-8-7-13(21)18(22)19(14)23/h2-10H,1H3,(H2,24,25,26,27,28). The lowest BCUT2D eigenvalue weighted by molar-refractivity contribution is 0.400. The van der Waals surface area contributed by atoms with Crippen LogP contribution in [0.1, 0.15) is 5.76 Å². The van der Waals surface area contributed by atoms with Crippen molar-refractivity contribution in [3.05, 3.63) is 77.8 Å². The van der Waals surface area contributed by atoms with Crippen LogP contribution in [0, 0.1) is 24.4 Å². The molecule has 4 rings (SSSR count). The third-order valence-corrected chi connectivity index (χ3v) is 3.96. The number of anilines is 4. The molecule has 0 aliphatic rings. The molecule has 2 heterocycles. The van der Waals surface area contributed by atoms with E-state index >= 15 is 0 Å². The predicted octanol–water partition coefficient (Wildman–Crippen LogP) is 5.34. The average molecular weight is 397 g/mol. The summed E-state index contributed by atoms with van der Waals surface area (Å²) >= 11 is 0. The lowest BCUT2D eigenvalue weighted by Crippen LogP contribution is -2.04. The minimum atomic E-state index is -1.57. The fraction of sp³-hybridized carbons (Fsp3) is 0.0500. The highest BCUT2D eigenvalue weighted by atomic mass is 19.2. The summed E-state index contributed by atoms with van der Waals surface area (Å²) in [5.41, 5.74) is 1.04. The van der Waals surface area contributed by atoms with Gasteiger partial charge in [0.15, 0.2) is 23.3 Å². The molecule has 29 heavy (non-hydrogen) atoms. The van der Waals surface area contributed by atoms with Gasteiger partial charge >= 0.3 is 0 Å². The molecule has 0 bridgehead atoms. The minimum absolute atomic E-state index is 0.158. The van der Waals surface area contributed by atoms with Crippen molar-refractivity contribution < 1.29 is 17.7 Å². The molecule has 2 aromatic carbocycles. The molecule has 146 valence electrons. The molecule has 0 unspecified atom stereocenters. The number of aryl methyl sites for hydroxylation is 1. The van der Waals surface area contributed by atoms with Crippen molar-refractivity contribution >= 4 is 23.3 Å². The second kappa shape index (κ2) is 7.63. The van der Waals surface area contributed by atoms with Crippen molar-refractivity contribution in [2.24, 2.45) is 0 Å². The topological polar surface area (TPSA) is 75.9 Å². The second-order valence-corrected chi connectivity index (χ2v) is 6.12. The summed E-state index contributed by atoms with van der Waals surface area (Å²) in [6, 6.07) is 14.4. The Morgan fingerprint density at radius 1 is 0.828 bits per heavy atom. The van der Waals surface area contributed by atoms with Gasteiger partial charge in [0, 0.05) is 17.7 Å². The van der Waals surface area contributed by atoms with E-state index in [1.165, 1.54) is 0 Å². The lowest BCUT2D eigenvalue weighted by Gasteiger charge is -2.11. The summed E-state index contributed by atoms with van der Waals surface area (Å²) < 4.78 is 45.8. The molecular formula is C20H14F3N5O. The summed E-state index contributed by atoms with van der Waals surface area (Å²) in [7, 11) is 0. The molecule has 0 saturated carbocycles. The van der Waals surface area contributed by atoms with Crippen LogP contribution in [0.5, 0.6) is 0 Å². The van der Waals surface area contributed by atoms with E-state index in [-0.39, 0.29) is 17.5 Å². The molecule has 9 heteroatoms. The van der Waals surface area contributed by atoms with Crippen molar-refractivity contribution in [3.63, 3.8) is 0 Å². The molecular weight excluding hydrogens is 383 g/mol. The molecule has 0 aliphatic heterocycles. The molecule has 0 fully saturated rings. The summed E-state index contributed by atoms with van der Waals surface area (Å²) in [4.78, 5) is 8.69. The first-order valence-corrected chi connectivity index (χ1v) is 8.55. The van der Waals surface area contributed by atoms with Gasteiger partial charge in [-0.05, 0) is 19.1 Å².